The van der Waals surface area contributed by atoms with Crippen LogP contribution in [0.15, 0.2) is 47.3 Å². The summed E-state index contributed by atoms with van der Waals surface area (Å²) in [6, 6.07) is 8.83. The van der Waals surface area contributed by atoms with E-state index in [0.29, 0.717) is 5.56 Å². The number of carbonyl (C=O) groups is 1. The Morgan fingerprint density at radius 1 is 1.42 bits per heavy atom. The van der Waals surface area contributed by atoms with Gasteiger partial charge in [-0.2, -0.15) is 0 Å². The maximum Gasteiger partial charge on any atom is 0.251 e. The molecule has 0 saturated heterocycles. The first-order valence-electron chi connectivity index (χ1n) is 6.01. The number of hydrogen-bond donors (Lipinski definition) is 2. The van der Waals surface area contributed by atoms with E-state index >= 15 is 0 Å². The van der Waals surface area contributed by atoms with Gasteiger partial charge in [0, 0.05) is 5.56 Å². The predicted octanol–water partition coefficient (Wildman–Crippen LogP) is 2.65. The fraction of sp³-hybridized carbons (Fsp3) is 0.143. The molecular weight excluding hydrogens is 242 g/mol. The number of H-pyrrole nitrogens is 1. The summed E-state index contributed by atoms with van der Waals surface area (Å²) in [5, 5.41) is 2.89. The standard InChI is InChI=1S/C14H13N3O2/c1-9(13-3-2-6-19-13)17-14(18)10-4-5-11-12(7-10)16-8-15-11/h2-9H,1H3,(H,15,16)(H,17,18)/t9-/m1/s1. The lowest BCUT2D eigenvalue weighted by molar-refractivity contribution is 0.0935. The number of amides is 1. The van der Waals surface area contributed by atoms with E-state index in [4.69, 9.17) is 4.42 Å². The van der Waals surface area contributed by atoms with Crippen molar-refractivity contribution < 1.29 is 9.21 Å². The van der Waals surface area contributed by atoms with Gasteiger partial charge in [0.05, 0.1) is 29.7 Å². The number of furan rings is 1. The molecule has 2 N–H and O–H groups in total. The summed E-state index contributed by atoms with van der Waals surface area (Å²) in [4.78, 5) is 19.2. The molecule has 0 saturated carbocycles. The molecule has 0 radical (unpaired) electrons. The van der Waals surface area contributed by atoms with Crippen molar-refractivity contribution in [2.75, 3.05) is 0 Å². The molecule has 0 aliphatic heterocycles. The highest BCUT2D eigenvalue weighted by atomic mass is 16.3. The Balaban J connectivity index is 1.79. The molecule has 1 atom stereocenters. The van der Waals surface area contributed by atoms with Crippen molar-refractivity contribution in [2.45, 2.75) is 13.0 Å². The smallest absolute Gasteiger partial charge is 0.251 e. The molecule has 2 aromatic heterocycles. The number of aromatic nitrogens is 2. The van der Waals surface area contributed by atoms with Gasteiger partial charge in [-0.25, -0.2) is 4.98 Å². The lowest BCUT2D eigenvalue weighted by Gasteiger charge is -2.11. The zero-order valence-electron chi connectivity index (χ0n) is 10.4. The van der Waals surface area contributed by atoms with Crippen LogP contribution < -0.4 is 5.32 Å². The quantitative estimate of drug-likeness (QED) is 0.755. The normalized spacial score (nSPS) is 12.5. The van der Waals surface area contributed by atoms with Gasteiger partial charge in [0.25, 0.3) is 5.91 Å². The van der Waals surface area contributed by atoms with E-state index in [0.717, 1.165) is 16.8 Å². The highest BCUT2D eigenvalue weighted by Crippen LogP contribution is 2.15. The van der Waals surface area contributed by atoms with Gasteiger partial charge in [-0.3, -0.25) is 4.79 Å². The van der Waals surface area contributed by atoms with E-state index in [1.807, 2.05) is 19.1 Å². The molecule has 5 heteroatoms. The van der Waals surface area contributed by atoms with E-state index in [-0.39, 0.29) is 11.9 Å². The molecule has 0 aliphatic carbocycles. The second-order valence-electron chi connectivity index (χ2n) is 4.35. The van der Waals surface area contributed by atoms with Crippen LogP contribution >= 0.6 is 0 Å². The van der Waals surface area contributed by atoms with Crippen molar-refractivity contribution in [1.29, 1.82) is 0 Å². The molecule has 19 heavy (non-hydrogen) atoms. The zero-order valence-corrected chi connectivity index (χ0v) is 10.4. The molecular formula is C14H13N3O2. The number of fused-ring (bicyclic) bond motifs is 1. The Morgan fingerprint density at radius 3 is 3.11 bits per heavy atom. The van der Waals surface area contributed by atoms with Gasteiger partial charge < -0.3 is 14.7 Å². The minimum Gasteiger partial charge on any atom is -0.467 e. The van der Waals surface area contributed by atoms with Crippen LogP contribution in [-0.4, -0.2) is 15.9 Å². The Morgan fingerprint density at radius 2 is 2.32 bits per heavy atom. The molecule has 1 amide bonds. The topological polar surface area (TPSA) is 70.9 Å². The molecule has 0 fully saturated rings. The van der Waals surface area contributed by atoms with Crippen molar-refractivity contribution in [3.63, 3.8) is 0 Å². The van der Waals surface area contributed by atoms with E-state index < -0.39 is 0 Å². The van der Waals surface area contributed by atoms with E-state index in [1.54, 1.807) is 30.8 Å². The Kier molecular flexibility index (Phi) is 2.79. The summed E-state index contributed by atoms with van der Waals surface area (Å²) >= 11 is 0. The third-order valence-corrected chi connectivity index (χ3v) is 3.00. The summed E-state index contributed by atoms with van der Waals surface area (Å²) in [6.45, 7) is 1.88. The molecule has 3 aromatic rings. The Hall–Kier alpha value is -2.56. The van der Waals surface area contributed by atoms with Gasteiger partial charge in [0.15, 0.2) is 0 Å². The Labute approximate surface area is 109 Å². The average Bonchev–Trinajstić information content (AvgIpc) is 3.09. The average molecular weight is 255 g/mol. The number of nitrogens with one attached hydrogen (secondary N) is 2. The number of carbonyl (C=O) groups excluding carboxylic acids is 1. The molecule has 0 spiro atoms. The molecule has 3 rings (SSSR count). The zero-order chi connectivity index (χ0) is 13.2. The molecule has 5 nitrogen and oxygen atoms in total. The van der Waals surface area contributed by atoms with Crippen LogP contribution in [0.25, 0.3) is 11.0 Å². The number of benzene rings is 1. The van der Waals surface area contributed by atoms with Gasteiger partial charge in [-0.15, -0.1) is 0 Å². The first kappa shape index (κ1) is 11.5. The van der Waals surface area contributed by atoms with Crippen molar-refractivity contribution in [1.82, 2.24) is 15.3 Å². The third-order valence-electron chi connectivity index (χ3n) is 3.00. The summed E-state index contributed by atoms with van der Waals surface area (Å²) in [6.07, 6.45) is 3.20. The van der Waals surface area contributed by atoms with Crippen LogP contribution in [0.3, 0.4) is 0 Å². The summed E-state index contributed by atoms with van der Waals surface area (Å²) in [7, 11) is 0. The number of nitrogens with zero attached hydrogens (tertiary/aromatic N) is 1. The molecule has 0 bridgehead atoms. The Bertz CT molecular complexity index is 700. The fourth-order valence-corrected chi connectivity index (χ4v) is 1.97. The van der Waals surface area contributed by atoms with Gasteiger partial charge in [0.1, 0.15) is 5.76 Å². The van der Waals surface area contributed by atoms with E-state index in [9.17, 15) is 4.79 Å². The number of hydrogen-bond acceptors (Lipinski definition) is 3. The van der Waals surface area contributed by atoms with Gasteiger partial charge in [-0.1, -0.05) is 0 Å². The SMILES string of the molecule is C[C@@H](NC(=O)c1ccc2nc[nH]c2c1)c1ccco1. The largest absolute Gasteiger partial charge is 0.467 e. The van der Waals surface area contributed by atoms with Crippen LogP contribution in [0.5, 0.6) is 0 Å². The molecule has 0 aliphatic rings. The van der Waals surface area contributed by atoms with Crippen LogP contribution in [0.4, 0.5) is 0 Å². The van der Waals surface area contributed by atoms with Crippen molar-refractivity contribution in [2.24, 2.45) is 0 Å². The molecule has 96 valence electrons. The maximum atomic E-state index is 12.1. The fourth-order valence-electron chi connectivity index (χ4n) is 1.97. The minimum absolute atomic E-state index is 0.139. The lowest BCUT2D eigenvalue weighted by atomic mass is 10.1. The second kappa shape index (κ2) is 4.61. The maximum absolute atomic E-state index is 12.1. The van der Waals surface area contributed by atoms with Crippen LogP contribution in [-0.2, 0) is 0 Å². The van der Waals surface area contributed by atoms with Gasteiger partial charge in [-0.05, 0) is 37.3 Å². The lowest BCUT2D eigenvalue weighted by Crippen LogP contribution is -2.26. The number of aromatic amines is 1. The summed E-state index contributed by atoms with van der Waals surface area (Å²) in [5.74, 6) is 0.594. The number of imidazole rings is 1. The van der Waals surface area contributed by atoms with Crippen LogP contribution in [0.1, 0.15) is 29.1 Å². The van der Waals surface area contributed by atoms with Crippen LogP contribution in [0.2, 0.25) is 0 Å². The second-order valence-corrected chi connectivity index (χ2v) is 4.35. The van der Waals surface area contributed by atoms with Crippen LogP contribution in [0, 0.1) is 0 Å². The van der Waals surface area contributed by atoms with Crippen molar-refractivity contribution >= 4 is 16.9 Å². The first-order chi connectivity index (χ1) is 9.24. The van der Waals surface area contributed by atoms with Gasteiger partial charge >= 0.3 is 0 Å². The highest BCUT2D eigenvalue weighted by Gasteiger charge is 2.13. The van der Waals surface area contributed by atoms with Crippen molar-refractivity contribution in [3.05, 3.63) is 54.2 Å². The molecule has 0 unspecified atom stereocenters. The monoisotopic (exact) mass is 255 g/mol. The number of rotatable bonds is 3. The summed E-state index contributed by atoms with van der Waals surface area (Å²) in [5.41, 5.74) is 2.28. The van der Waals surface area contributed by atoms with E-state index in [1.165, 1.54) is 0 Å². The first-order valence-corrected chi connectivity index (χ1v) is 6.01. The minimum atomic E-state index is -0.167. The predicted molar refractivity (Wildman–Crippen MR) is 70.7 cm³/mol. The molecule has 2 heterocycles. The van der Waals surface area contributed by atoms with Crippen molar-refractivity contribution in [3.8, 4) is 0 Å². The third kappa shape index (κ3) is 2.22. The molecule has 1 aromatic carbocycles. The van der Waals surface area contributed by atoms with E-state index in [2.05, 4.69) is 15.3 Å². The summed E-state index contributed by atoms with van der Waals surface area (Å²) < 4.78 is 5.26. The van der Waals surface area contributed by atoms with Gasteiger partial charge in [0.2, 0.25) is 0 Å². The highest BCUT2D eigenvalue weighted by molar-refractivity contribution is 5.97.